The first-order valence-electron chi connectivity index (χ1n) is 8.65. The smallest absolute Gasteiger partial charge is 0.408 e. The van der Waals surface area contributed by atoms with Crippen molar-refractivity contribution in [2.75, 3.05) is 20.2 Å². The van der Waals surface area contributed by atoms with Gasteiger partial charge in [0.15, 0.2) is 5.58 Å². The van der Waals surface area contributed by atoms with Crippen LogP contribution in [0.3, 0.4) is 0 Å². The SMILES string of the molecule is CCn1c(=O)oc2cc(S(=O)(=O)N(C)CCC3CCCCO3)ccc21. The van der Waals surface area contributed by atoms with Crippen LogP contribution in [0.1, 0.15) is 32.6 Å². The van der Waals surface area contributed by atoms with E-state index in [1.54, 1.807) is 13.1 Å². The Bertz CT molecular complexity index is 893. The van der Waals surface area contributed by atoms with Crippen LogP contribution in [0.4, 0.5) is 0 Å². The van der Waals surface area contributed by atoms with Gasteiger partial charge >= 0.3 is 5.76 Å². The van der Waals surface area contributed by atoms with E-state index in [0.717, 1.165) is 25.9 Å². The van der Waals surface area contributed by atoms with Crippen molar-refractivity contribution >= 4 is 21.1 Å². The molecular weight excluding hydrogens is 344 g/mol. The number of hydrogen-bond acceptors (Lipinski definition) is 5. The van der Waals surface area contributed by atoms with Crippen molar-refractivity contribution in [3.8, 4) is 0 Å². The molecule has 0 saturated carbocycles. The molecule has 1 atom stereocenters. The Kier molecular flexibility index (Phi) is 5.31. The Labute approximate surface area is 147 Å². The van der Waals surface area contributed by atoms with E-state index in [9.17, 15) is 13.2 Å². The fourth-order valence-corrected chi connectivity index (χ4v) is 4.37. The van der Waals surface area contributed by atoms with E-state index >= 15 is 0 Å². The number of aryl methyl sites for hydroxylation is 1. The number of fused-ring (bicyclic) bond motifs is 1. The Balaban J connectivity index is 1.78. The molecule has 1 fully saturated rings. The lowest BCUT2D eigenvalue weighted by molar-refractivity contribution is 0.00950. The van der Waals surface area contributed by atoms with Gasteiger partial charge in [0.05, 0.1) is 16.5 Å². The van der Waals surface area contributed by atoms with Gasteiger partial charge in [-0.05, 0) is 44.7 Å². The Hall–Kier alpha value is -1.64. The molecule has 1 saturated heterocycles. The maximum Gasteiger partial charge on any atom is 0.419 e. The molecule has 1 aliphatic heterocycles. The van der Waals surface area contributed by atoms with E-state index in [2.05, 4.69) is 0 Å². The predicted octanol–water partition coefficient (Wildman–Crippen LogP) is 2.19. The zero-order chi connectivity index (χ0) is 18.0. The number of oxazole rings is 1. The van der Waals surface area contributed by atoms with Crippen molar-refractivity contribution in [2.45, 2.75) is 50.2 Å². The van der Waals surface area contributed by atoms with Gasteiger partial charge in [-0.15, -0.1) is 0 Å². The maximum absolute atomic E-state index is 12.8. The summed E-state index contributed by atoms with van der Waals surface area (Å²) in [5.74, 6) is -0.477. The van der Waals surface area contributed by atoms with E-state index in [1.807, 2.05) is 6.92 Å². The number of sulfonamides is 1. The second-order valence-corrected chi connectivity index (χ2v) is 8.39. The number of benzene rings is 1. The third-order valence-electron chi connectivity index (χ3n) is 4.70. The first kappa shape index (κ1) is 18.2. The zero-order valence-corrected chi connectivity index (χ0v) is 15.4. The van der Waals surface area contributed by atoms with Gasteiger partial charge in [0.1, 0.15) is 0 Å². The minimum absolute atomic E-state index is 0.129. The summed E-state index contributed by atoms with van der Waals surface area (Å²) in [6.45, 7) is 3.46. The van der Waals surface area contributed by atoms with Crippen LogP contribution in [0.2, 0.25) is 0 Å². The molecule has 3 rings (SSSR count). The minimum Gasteiger partial charge on any atom is -0.408 e. The molecule has 25 heavy (non-hydrogen) atoms. The molecule has 0 N–H and O–H groups in total. The van der Waals surface area contributed by atoms with E-state index in [4.69, 9.17) is 9.15 Å². The van der Waals surface area contributed by atoms with Crippen LogP contribution in [0, 0.1) is 0 Å². The summed E-state index contributed by atoms with van der Waals surface area (Å²) in [4.78, 5) is 11.9. The summed E-state index contributed by atoms with van der Waals surface area (Å²) in [7, 11) is -2.07. The Morgan fingerprint density at radius 2 is 2.12 bits per heavy atom. The third-order valence-corrected chi connectivity index (χ3v) is 6.56. The summed E-state index contributed by atoms with van der Waals surface area (Å²) in [5, 5.41) is 0. The van der Waals surface area contributed by atoms with Gasteiger partial charge in [-0.1, -0.05) is 0 Å². The van der Waals surface area contributed by atoms with E-state index in [-0.39, 0.29) is 16.6 Å². The second-order valence-electron chi connectivity index (χ2n) is 6.35. The lowest BCUT2D eigenvalue weighted by atomic mass is 10.1. The fraction of sp³-hybridized carbons (Fsp3) is 0.588. The van der Waals surface area contributed by atoms with Gasteiger partial charge in [-0.3, -0.25) is 4.57 Å². The van der Waals surface area contributed by atoms with E-state index < -0.39 is 15.8 Å². The molecule has 0 radical (unpaired) electrons. The molecule has 7 nitrogen and oxygen atoms in total. The van der Waals surface area contributed by atoms with Crippen molar-refractivity contribution < 1.29 is 17.6 Å². The van der Waals surface area contributed by atoms with Crippen molar-refractivity contribution in [2.24, 2.45) is 0 Å². The molecular formula is C17H24N2O5S. The standard InChI is InChI=1S/C17H24N2O5S/c1-3-19-15-8-7-14(12-16(15)24-17(19)20)25(21,22)18(2)10-9-13-6-4-5-11-23-13/h7-8,12-13H,3-6,9-11H2,1-2H3. The predicted molar refractivity (Wildman–Crippen MR) is 94.2 cm³/mol. The van der Waals surface area contributed by atoms with Crippen LogP contribution in [0.5, 0.6) is 0 Å². The molecule has 8 heteroatoms. The molecule has 0 bridgehead atoms. The molecule has 1 aliphatic rings. The molecule has 0 amide bonds. The molecule has 2 aromatic rings. The second kappa shape index (κ2) is 7.31. The normalized spacial score (nSPS) is 18.9. The average molecular weight is 368 g/mol. The summed E-state index contributed by atoms with van der Waals surface area (Å²) in [6.07, 6.45) is 4.00. The van der Waals surface area contributed by atoms with Gasteiger partial charge in [0, 0.05) is 32.8 Å². The third kappa shape index (κ3) is 3.65. The first-order valence-corrected chi connectivity index (χ1v) is 10.1. The largest absolute Gasteiger partial charge is 0.419 e. The lowest BCUT2D eigenvalue weighted by Gasteiger charge is -2.25. The monoisotopic (exact) mass is 368 g/mol. The van der Waals surface area contributed by atoms with Crippen molar-refractivity contribution in [3.63, 3.8) is 0 Å². The first-order chi connectivity index (χ1) is 11.9. The topological polar surface area (TPSA) is 81.8 Å². The minimum atomic E-state index is -3.64. The summed E-state index contributed by atoms with van der Waals surface area (Å²) in [6, 6.07) is 4.56. The van der Waals surface area contributed by atoms with Gasteiger partial charge < -0.3 is 9.15 Å². The highest BCUT2D eigenvalue weighted by atomic mass is 32.2. The molecule has 1 unspecified atom stereocenters. The highest BCUT2D eigenvalue weighted by molar-refractivity contribution is 7.89. The van der Waals surface area contributed by atoms with E-state index in [0.29, 0.717) is 25.0 Å². The number of ether oxygens (including phenoxy) is 1. The zero-order valence-electron chi connectivity index (χ0n) is 14.6. The molecule has 0 spiro atoms. The molecule has 1 aromatic heterocycles. The summed E-state index contributed by atoms with van der Waals surface area (Å²) < 4.78 is 39.2. The van der Waals surface area contributed by atoms with Crippen LogP contribution >= 0.6 is 0 Å². The van der Waals surface area contributed by atoms with Gasteiger partial charge in [-0.25, -0.2) is 17.5 Å². The number of hydrogen-bond donors (Lipinski definition) is 0. The van der Waals surface area contributed by atoms with Crippen LogP contribution < -0.4 is 5.76 Å². The van der Waals surface area contributed by atoms with Crippen LogP contribution in [-0.2, 0) is 21.3 Å². The highest BCUT2D eigenvalue weighted by Gasteiger charge is 2.24. The van der Waals surface area contributed by atoms with Crippen molar-refractivity contribution in [1.29, 1.82) is 0 Å². The quantitative estimate of drug-likeness (QED) is 0.781. The number of nitrogens with zero attached hydrogens (tertiary/aromatic N) is 2. The fourth-order valence-electron chi connectivity index (χ4n) is 3.17. The average Bonchev–Trinajstić information content (AvgIpc) is 2.94. The number of aromatic nitrogens is 1. The van der Waals surface area contributed by atoms with Gasteiger partial charge in [0.25, 0.3) is 0 Å². The molecule has 2 heterocycles. The van der Waals surface area contributed by atoms with Crippen molar-refractivity contribution in [1.82, 2.24) is 8.87 Å². The summed E-state index contributed by atoms with van der Waals surface area (Å²) in [5.41, 5.74) is 0.890. The van der Waals surface area contributed by atoms with Crippen LogP contribution in [0.25, 0.3) is 11.1 Å². The summed E-state index contributed by atoms with van der Waals surface area (Å²) >= 11 is 0. The Morgan fingerprint density at radius 1 is 1.32 bits per heavy atom. The highest BCUT2D eigenvalue weighted by Crippen LogP contribution is 2.22. The molecule has 1 aromatic carbocycles. The van der Waals surface area contributed by atoms with Gasteiger partial charge in [-0.2, -0.15) is 0 Å². The van der Waals surface area contributed by atoms with Crippen LogP contribution in [0.15, 0.2) is 32.3 Å². The van der Waals surface area contributed by atoms with E-state index in [1.165, 1.54) is 21.0 Å². The maximum atomic E-state index is 12.8. The molecule has 0 aliphatic carbocycles. The van der Waals surface area contributed by atoms with Crippen molar-refractivity contribution in [3.05, 3.63) is 28.7 Å². The van der Waals surface area contributed by atoms with Crippen LogP contribution in [-0.4, -0.2) is 43.6 Å². The number of rotatable bonds is 6. The van der Waals surface area contributed by atoms with Gasteiger partial charge in [0.2, 0.25) is 10.0 Å². The lowest BCUT2D eigenvalue weighted by Crippen LogP contribution is -2.31. The Morgan fingerprint density at radius 3 is 2.80 bits per heavy atom. The molecule has 138 valence electrons.